The van der Waals surface area contributed by atoms with Crippen molar-refractivity contribution < 1.29 is 10.2 Å². The molecule has 2 N–H and O–H groups in total. The van der Waals surface area contributed by atoms with Crippen LogP contribution in [0.2, 0.25) is 0 Å². The minimum Gasteiger partial charge on any atom is -0.392 e. The molecule has 0 fully saturated rings. The number of thioether (sulfide) groups is 1. The van der Waals surface area contributed by atoms with E-state index in [1.54, 1.807) is 0 Å². The fourth-order valence-electron chi connectivity index (χ4n) is 0.458. The van der Waals surface area contributed by atoms with Crippen LogP contribution in [0.1, 0.15) is 26.7 Å². The highest BCUT2D eigenvalue weighted by molar-refractivity contribution is 7.99. The summed E-state index contributed by atoms with van der Waals surface area (Å²) < 4.78 is 0. The normalized spacial score (nSPS) is 16.8. The predicted molar refractivity (Wildman–Crippen MR) is 45.1 cm³/mol. The highest BCUT2D eigenvalue weighted by Crippen LogP contribution is 2.13. The van der Waals surface area contributed by atoms with Gasteiger partial charge in [-0.05, 0) is 12.8 Å². The summed E-state index contributed by atoms with van der Waals surface area (Å²) in [5.41, 5.74) is -0.304. The molecule has 0 saturated heterocycles. The minimum absolute atomic E-state index is 0.258. The Balaban J connectivity index is 3.17. The standard InChI is InChI=1S/C7H16O2S/c1-3-6(8)5-10-7(9)4-2/h6-9H,3-5H2,1-2H3. The molecule has 0 amide bonds. The van der Waals surface area contributed by atoms with Gasteiger partial charge in [-0.1, -0.05) is 13.8 Å². The summed E-state index contributed by atoms with van der Waals surface area (Å²) in [6, 6.07) is 0. The fourth-order valence-corrected chi connectivity index (χ4v) is 1.37. The van der Waals surface area contributed by atoms with E-state index in [0.29, 0.717) is 5.75 Å². The number of rotatable bonds is 5. The third-order valence-electron chi connectivity index (χ3n) is 1.30. The quantitative estimate of drug-likeness (QED) is 0.600. The summed E-state index contributed by atoms with van der Waals surface area (Å²) in [7, 11) is 0. The average molecular weight is 164 g/mol. The Morgan fingerprint density at radius 1 is 1.20 bits per heavy atom. The molecule has 0 rings (SSSR count). The summed E-state index contributed by atoms with van der Waals surface area (Å²) in [4.78, 5) is 0. The van der Waals surface area contributed by atoms with Crippen LogP contribution in [-0.4, -0.2) is 27.5 Å². The first-order valence-electron chi connectivity index (χ1n) is 3.68. The van der Waals surface area contributed by atoms with Gasteiger partial charge in [0.05, 0.1) is 11.5 Å². The zero-order valence-electron chi connectivity index (χ0n) is 6.58. The van der Waals surface area contributed by atoms with Gasteiger partial charge in [0, 0.05) is 5.75 Å². The monoisotopic (exact) mass is 164 g/mol. The van der Waals surface area contributed by atoms with Crippen molar-refractivity contribution in [1.82, 2.24) is 0 Å². The number of hydrogen-bond donors (Lipinski definition) is 2. The van der Waals surface area contributed by atoms with Gasteiger partial charge in [0.2, 0.25) is 0 Å². The molecule has 2 nitrogen and oxygen atoms in total. The topological polar surface area (TPSA) is 40.5 Å². The fraction of sp³-hybridized carbons (Fsp3) is 1.00. The lowest BCUT2D eigenvalue weighted by Crippen LogP contribution is -2.11. The van der Waals surface area contributed by atoms with Crippen LogP contribution in [0.25, 0.3) is 0 Å². The first-order chi connectivity index (χ1) is 4.70. The van der Waals surface area contributed by atoms with Crippen molar-refractivity contribution in [3.8, 4) is 0 Å². The molecule has 0 aromatic heterocycles. The maximum atomic E-state index is 9.07. The van der Waals surface area contributed by atoms with Crippen LogP contribution in [0, 0.1) is 0 Å². The number of aliphatic hydroxyl groups excluding tert-OH is 2. The molecule has 0 aromatic carbocycles. The van der Waals surface area contributed by atoms with E-state index in [1.165, 1.54) is 11.8 Å². The smallest absolute Gasteiger partial charge is 0.0991 e. The molecule has 0 heterocycles. The molecule has 3 heteroatoms. The lowest BCUT2D eigenvalue weighted by atomic mass is 10.3. The first-order valence-corrected chi connectivity index (χ1v) is 4.73. The number of hydrogen-bond acceptors (Lipinski definition) is 3. The van der Waals surface area contributed by atoms with Crippen molar-refractivity contribution in [2.45, 2.75) is 38.2 Å². The van der Waals surface area contributed by atoms with Gasteiger partial charge in [-0.3, -0.25) is 0 Å². The zero-order chi connectivity index (χ0) is 7.98. The van der Waals surface area contributed by atoms with Gasteiger partial charge in [0.1, 0.15) is 0 Å². The van der Waals surface area contributed by atoms with E-state index in [0.717, 1.165) is 12.8 Å². The minimum atomic E-state index is -0.304. The Hall–Kier alpha value is 0.270. The number of aliphatic hydroxyl groups is 2. The van der Waals surface area contributed by atoms with E-state index in [4.69, 9.17) is 10.2 Å². The van der Waals surface area contributed by atoms with Gasteiger partial charge < -0.3 is 10.2 Å². The first kappa shape index (κ1) is 10.3. The maximum Gasteiger partial charge on any atom is 0.0991 e. The van der Waals surface area contributed by atoms with Gasteiger partial charge >= 0.3 is 0 Å². The van der Waals surface area contributed by atoms with Gasteiger partial charge in [0.25, 0.3) is 0 Å². The molecule has 2 unspecified atom stereocenters. The second-order valence-corrected chi connectivity index (χ2v) is 3.47. The second kappa shape index (κ2) is 6.01. The Labute approximate surface area is 66.6 Å². The van der Waals surface area contributed by atoms with Crippen LogP contribution < -0.4 is 0 Å². The third-order valence-corrected chi connectivity index (χ3v) is 2.60. The van der Waals surface area contributed by atoms with Crippen molar-refractivity contribution in [2.75, 3.05) is 5.75 Å². The molecule has 0 aliphatic carbocycles. The molecule has 2 atom stereocenters. The Morgan fingerprint density at radius 2 is 1.80 bits per heavy atom. The van der Waals surface area contributed by atoms with Crippen LogP contribution in [0.4, 0.5) is 0 Å². The summed E-state index contributed by atoms with van der Waals surface area (Å²) >= 11 is 1.41. The van der Waals surface area contributed by atoms with Crippen LogP contribution in [0.3, 0.4) is 0 Å². The molecular formula is C7H16O2S. The van der Waals surface area contributed by atoms with Gasteiger partial charge in [-0.25, -0.2) is 0 Å². The van der Waals surface area contributed by atoms with Crippen molar-refractivity contribution in [3.63, 3.8) is 0 Å². The molecule has 0 radical (unpaired) electrons. The third kappa shape index (κ3) is 5.09. The molecule has 0 aromatic rings. The van der Waals surface area contributed by atoms with E-state index in [2.05, 4.69) is 0 Å². The second-order valence-electron chi connectivity index (χ2n) is 2.26. The molecule has 0 saturated carbocycles. The van der Waals surface area contributed by atoms with E-state index in [9.17, 15) is 0 Å². The van der Waals surface area contributed by atoms with Gasteiger partial charge in [0.15, 0.2) is 0 Å². The Bertz CT molecular complexity index is 68.0. The highest BCUT2D eigenvalue weighted by atomic mass is 32.2. The van der Waals surface area contributed by atoms with Crippen LogP contribution in [-0.2, 0) is 0 Å². The maximum absolute atomic E-state index is 9.07. The average Bonchev–Trinajstić information content (AvgIpc) is 1.99. The Morgan fingerprint density at radius 3 is 2.20 bits per heavy atom. The zero-order valence-corrected chi connectivity index (χ0v) is 7.40. The van der Waals surface area contributed by atoms with Crippen molar-refractivity contribution in [2.24, 2.45) is 0 Å². The van der Waals surface area contributed by atoms with E-state index < -0.39 is 0 Å². The van der Waals surface area contributed by atoms with Gasteiger partial charge in [-0.15, -0.1) is 11.8 Å². The lowest BCUT2D eigenvalue weighted by Gasteiger charge is -2.10. The molecule has 62 valence electrons. The molecule has 0 aliphatic heterocycles. The summed E-state index contributed by atoms with van der Waals surface area (Å²) in [5, 5.41) is 18.1. The van der Waals surface area contributed by atoms with Crippen LogP contribution >= 0.6 is 11.8 Å². The molecule has 0 spiro atoms. The highest BCUT2D eigenvalue weighted by Gasteiger charge is 2.04. The van der Waals surface area contributed by atoms with Crippen molar-refractivity contribution in [1.29, 1.82) is 0 Å². The van der Waals surface area contributed by atoms with E-state index in [-0.39, 0.29) is 11.5 Å². The molecular weight excluding hydrogens is 148 g/mol. The van der Waals surface area contributed by atoms with E-state index >= 15 is 0 Å². The molecule has 0 aliphatic rings. The molecule has 0 bridgehead atoms. The lowest BCUT2D eigenvalue weighted by molar-refractivity contribution is 0.193. The van der Waals surface area contributed by atoms with Crippen molar-refractivity contribution in [3.05, 3.63) is 0 Å². The largest absolute Gasteiger partial charge is 0.392 e. The summed E-state index contributed by atoms with van der Waals surface area (Å²) in [5.74, 6) is 0.644. The van der Waals surface area contributed by atoms with Crippen molar-refractivity contribution >= 4 is 11.8 Å². The Kier molecular flexibility index (Phi) is 6.17. The van der Waals surface area contributed by atoms with E-state index in [1.807, 2.05) is 13.8 Å². The van der Waals surface area contributed by atoms with Gasteiger partial charge in [-0.2, -0.15) is 0 Å². The van der Waals surface area contributed by atoms with Crippen LogP contribution in [0.15, 0.2) is 0 Å². The molecule has 10 heavy (non-hydrogen) atoms. The van der Waals surface area contributed by atoms with Crippen LogP contribution in [0.5, 0.6) is 0 Å². The summed E-state index contributed by atoms with van der Waals surface area (Å²) in [6.45, 7) is 3.86. The summed E-state index contributed by atoms with van der Waals surface area (Å²) in [6.07, 6.45) is 1.26. The SMILES string of the molecule is CCC(O)CSC(O)CC. The predicted octanol–water partition coefficient (Wildman–Crippen LogP) is 1.22.